The molecule has 0 bridgehead atoms. The van der Waals surface area contributed by atoms with Crippen molar-refractivity contribution in [2.75, 3.05) is 13.1 Å². The number of amides is 1. The van der Waals surface area contributed by atoms with Crippen molar-refractivity contribution in [2.24, 2.45) is 0 Å². The Labute approximate surface area is 199 Å². The monoisotopic (exact) mass is 455 g/mol. The highest BCUT2D eigenvalue weighted by Gasteiger charge is 2.24. The van der Waals surface area contributed by atoms with Crippen molar-refractivity contribution in [1.29, 1.82) is 0 Å². The van der Waals surface area contributed by atoms with Gasteiger partial charge in [-0.2, -0.15) is 5.10 Å². The number of nitrogens with one attached hydrogen (secondary N) is 2. The lowest BCUT2D eigenvalue weighted by molar-refractivity contribution is 0.0897. The van der Waals surface area contributed by atoms with E-state index in [9.17, 15) is 4.79 Å². The van der Waals surface area contributed by atoms with Crippen molar-refractivity contribution in [1.82, 2.24) is 25.4 Å². The van der Waals surface area contributed by atoms with Crippen LogP contribution in [0.4, 0.5) is 0 Å². The number of para-hydroxylation sites is 1. The van der Waals surface area contributed by atoms with Gasteiger partial charge in [0.25, 0.3) is 5.91 Å². The second-order valence-corrected chi connectivity index (χ2v) is 9.03. The summed E-state index contributed by atoms with van der Waals surface area (Å²) < 4.78 is 5.93. The molecule has 2 N–H and O–H groups in total. The Bertz CT molecular complexity index is 1280. The quantitative estimate of drug-likeness (QED) is 0.427. The zero-order valence-electron chi connectivity index (χ0n) is 19.5. The van der Waals surface area contributed by atoms with Gasteiger partial charge in [-0.1, -0.05) is 24.3 Å². The van der Waals surface area contributed by atoms with Crippen LogP contribution in [0.1, 0.15) is 37.2 Å². The van der Waals surface area contributed by atoms with Gasteiger partial charge < -0.3 is 15.0 Å². The first-order valence-corrected chi connectivity index (χ1v) is 11.8. The van der Waals surface area contributed by atoms with Crippen LogP contribution in [-0.2, 0) is 0 Å². The molecule has 0 atom stereocenters. The summed E-state index contributed by atoms with van der Waals surface area (Å²) in [6.45, 7) is 6.43. The Morgan fingerprint density at radius 3 is 2.59 bits per heavy atom. The zero-order valence-corrected chi connectivity index (χ0v) is 19.5. The fourth-order valence-electron chi connectivity index (χ4n) is 4.44. The minimum absolute atomic E-state index is 0.134. The van der Waals surface area contributed by atoms with Crippen molar-refractivity contribution in [3.05, 3.63) is 72.7 Å². The van der Waals surface area contributed by atoms with Crippen LogP contribution >= 0.6 is 0 Å². The minimum atomic E-state index is -0.134. The number of rotatable bonds is 6. The fraction of sp³-hybridized carbons (Fsp3) is 0.296. The van der Waals surface area contributed by atoms with Crippen LogP contribution in [0.25, 0.3) is 22.0 Å². The number of hydrogen-bond donors (Lipinski definition) is 2. The summed E-state index contributed by atoms with van der Waals surface area (Å²) in [5.74, 6) is 1.28. The first kappa shape index (κ1) is 22.1. The average molecular weight is 456 g/mol. The van der Waals surface area contributed by atoms with E-state index in [1.165, 1.54) is 0 Å². The number of carbonyl (C=O) groups is 1. The summed E-state index contributed by atoms with van der Waals surface area (Å²) in [5, 5.41) is 11.3. The van der Waals surface area contributed by atoms with Crippen LogP contribution in [0, 0.1) is 0 Å². The standard InChI is InChI=1S/C27H29N5O2/c1-18(2)32-12-10-21(11-13-32)29-27(33)26-24-15-19(8-9-25(24)30-31-26)20-14-23(17-28-16-20)34-22-6-4-3-5-7-22/h3-9,14-18,21H,10-13H2,1-2H3,(H,29,33)(H,30,31). The van der Waals surface area contributed by atoms with Crippen LogP contribution in [0.2, 0.25) is 0 Å². The molecule has 2 aromatic carbocycles. The Morgan fingerprint density at radius 1 is 1.03 bits per heavy atom. The minimum Gasteiger partial charge on any atom is -0.456 e. The van der Waals surface area contributed by atoms with Crippen molar-refractivity contribution in [2.45, 2.75) is 38.8 Å². The van der Waals surface area contributed by atoms with E-state index >= 15 is 0 Å². The van der Waals surface area contributed by atoms with E-state index in [-0.39, 0.29) is 11.9 Å². The molecule has 0 radical (unpaired) electrons. The molecule has 2 aromatic heterocycles. The SMILES string of the molecule is CC(C)N1CCC(NC(=O)c2n[nH]c3ccc(-c4cncc(Oc5ccccc5)c4)cc23)CC1. The van der Waals surface area contributed by atoms with Gasteiger partial charge in [0.05, 0.1) is 11.7 Å². The highest BCUT2D eigenvalue weighted by atomic mass is 16.5. The third-order valence-corrected chi connectivity index (χ3v) is 6.40. The van der Waals surface area contributed by atoms with E-state index in [0.29, 0.717) is 17.5 Å². The number of nitrogens with zero attached hydrogens (tertiary/aromatic N) is 3. The molecule has 1 aliphatic heterocycles. The van der Waals surface area contributed by atoms with E-state index in [2.05, 4.69) is 39.2 Å². The van der Waals surface area contributed by atoms with Gasteiger partial charge in [0.15, 0.2) is 5.69 Å². The number of fused-ring (bicyclic) bond motifs is 1. The molecular formula is C27H29N5O2. The lowest BCUT2D eigenvalue weighted by atomic mass is 10.0. The van der Waals surface area contributed by atoms with Gasteiger partial charge in [0, 0.05) is 42.3 Å². The van der Waals surface area contributed by atoms with Gasteiger partial charge in [0.2, 0.25) is 0 Å². The summed E-state index contributed by atoms with van der Waals surface area (Å²) in [4.78, 5) is 19.9. The number of likely N-dealkylation sites (tertiary alicyclic amines) is 1. The number of piperidine rings is 1. The third-order valence-electron chi connectivity index (χ3n) is 6.40. The van der Waals surface area contributed by atoms with Crippen molar-refractivity contribution in [3.8, 4) is 22.6 Å². The molecule has 34 heavy (non-hydrogen) atoms. The molecule has 1 aliphatic rings. The lowest BCUT2D eigenvalue weighted by Gasteiger charge is -2.34. The molecule has 1 amide bonds. The number of carbonyl (C=O) groups excluding carboxylic acids is 1. The molecule has 1 fully saturated rings. The Kier molecular flexibility index (Phi) is 6.27. The van der Waals surface area contributed by atoms with Gasteiger partial charge in [-0.15, -0.1) is 0 Å². The molecule has 7 nitrogen and oxygen atoms in total. The summed E-state index contributed by atoms with van der Waals surface area (Å²) in [6.07, 6.45) is 5.40. The van der Waals surface area contributed by atoms with E-state index in [1.54, 1.807) is 12.4 Å². The van der Waals surface area contributed by atoms with E-state index in [1.807, 2.05) is 54.6 Å². The molecule has 3 heterocycles. The van der Waals surface area contributed by atoms with Crippen molar-refractivity contribution in [3.63, 3.8) is 0 Å². The number of benzene rings is 2. The number of pyridine rings is 1. The molecule has 0 aliphatic carbocycles. The average Bonchev–Trinajstić information content (AvgIpc) is 3.29. The van der Waals surface area contributed by atoms with Gasteiger partial charge >= 0.3 is 0 Å². The smallest absolute Gasteiger partial charge is 0.272 e. The molecule has 0 saturated carbocycles. The second kappa shape index (κ2) is 9.65. The molecule has 5 rings (SSSR count). The van der Waals surface area contributed by atoms with Crippen LogP contribution in [0.3, 0.4) is 0 Å². The molecule has 1 saturated heterocycles. The van der Waals surface area contributed by atoms with Crippen molar-refractivity contribution >= 4 is 16.8 Å². The Hall–Kier alpha value is -3.71. The maximum absolute atomic E-state index is 13.1. The van der Waals surface area contributed by atoms with Crippen LogP contribution < -0.4 is 10.1 Å². The first-order valence-electron chi connectivity index (χ1n) is 11.8. The Balaban J connectivity index is 1.34. The third kappa shape index (κ3) is 4.79. The maximum atomic E-state index is 13.1. The fourth-order valence-corrected chi connectivity index (χ4v) is 4.44. The second-order valence-electron chi connectivity index (χ2n) is 9.03. The highest BCUT2D eigenvalue weighted by molar-refractivity contribution is 6.05. The van der Waals surface area contributed by atoms with E-state index in [0.717, 1.165) is 53.7 Å². The van der Waals surface area contributed by atoms with Gasteiger partial charge in [0.1, 0.15) is 11.5 Å². The van der Waals surface area contributed by atoms with E-state index in [4.69, 9.17) is 4.74 Å². The highest BCUT2D eigenvalue weighted by Crippen LogP contribution is 2.29. The molecule has 174 valence electrons. The van der Waals surface area contributed by atoms with Crippen LogP contribution in [0.5, 0.6) is 11.5 Å². The molecule has 4 aromatic rings. The van der Waals surface area contributed by atoms with Gasteiger partial charge in [-0.25, -0.2) is 0 Å². The number of hydrogen-bond acceptors (Lipinski definition) is 5. The molecule has 0 unspecified atom stereocenters. The zero-order chi connectivity index (χ0) is 23.5. The van der Waals surface area contributed by atoms with Crippen molar-refractivity contribution < 1.29 is 9.53 Å². The number of H-pyrrole nitrogens is 1. The number of ether oxygens (including phenoxy) is 1. The van der Waals surface area contributed by atoms with Crippen LogP contribution in [0.15, 0.2) is 67.0 Å². The topological polar surface area (TPSA) is 83.1 Å². The largest absolute Gasteiger partial charge is 0.456 e. The Morgan fingerprint density at radius 2 is 1.82 bits per heavy atom. The predicted octanol–water partition coefficient (Wildman–Crippen LogP) is 5.02. The maximum Gasteiger partial charge on any atom is 0.272 e. The molecule has 7 heteroatoms. The normalized spacial score (nSPS) is 15.0. The van der Waals surface area contributed by atoms with Gasteiger partial charge in [-0.05, 0) is 62.6 Å². The first-order chi connectivity index (χ1) is 16.6. The van der Waals surface area contributed by atoms with E-state index < -0.39 is 0 Å². The van der Waals surface area contributed by atoms with Gasteiger partial charge in [-0.3, -0.25) is 14.9 Å². The summed E-state index contributed by atoms with van der Waals surface area (Å²) in [5.41, 5.74) is 3.10. The molecular weight excluding hydrogens is 426 g/mol. The molecule has 0 spiro atoms. The number of aromatic amines is 1. The predicted molar refractivity (Wildman–Crippen MR) is 133 cm³/mol. The summed E-state index contributed by atoms with van der Waals surface area (Å²) in [6, 6.07) is 18.2. The summed E-state index contributed by atoms with van der Waals surface area (Å²) in [7, 11) is 0. The van der Waals surface area contributed by atoms with Crippen LogP contribution in [-0.4, -0.2) is 51.2 Å². The summed E-state index contributed by atoms with van der Waals surface area (Å²) >= 11 is 0. The lowest BCUT2D eigenvalue weighted by Crippen LogP contribution is -2.46. The number of aromatic nitrogens is 3.